The van der Waals surface area contributed by atoms with Gasteiger partial charge in [0.05, 0.1) is 18.5 Å². The number of carbonyl (C=O) groups is 2. The molecule has 1 aromatic carbocycles. The lowest BCUT2D eigenvalue weighted by Crippen LogP contribution is -2.37. The molecule has 0 unspecified atom stereocenters. The van der Waals surface area contributed by atoms with Gasteiger partial charge in [-0.3, -0.25) is 9.59 Å². The summed E-state index contributed by atoms with van der Waals surface area (Å²) < 4.78 is 6.61. The van der Waals surface area contributed by atoms with E-state index in [0.717, 1.165) is 41.4 Å². The number of carbonyl (C=O) groups excluding carboxylic acids is 2. The molecule has 1 aliphatic carbocycles. The Labute approximate surface area is 179 Å². The smallest absolute Gasteiger partial charge is 0.305 e. The maximum absolute atomic E-state index is 12.6. The van der Waals surface area contributed by atoms with Crippen molar-refractivity contribution in [1.82, 2.24) is 15.1 Å². The Morgan fingerprint density at radius 3 is 2.40 bits per heavy atom. The van der Waals surface area contributed by atoms with E-state index in [1.807, 2.05) is 42.8 Å². The molecule has 3 rings (SSSR count). The summed E-state index contributed by atoms with van der Waals surface area (Å²) in [6.45, 7) is 6.20. The van der Waals surface area contributed by atoms with Crippen molar-refractivity contribution in [2.75, 3.05) is 7.11 Å². The average molecular weight is 412 g/mol. The summed E-state index contributed by atoms with van der Waals surface area (Å²) in [5.74, 6) is 0.587. The molecule has 30 heavy (non-hydrogen) atoms. The Morgan fingerprint density at radius 1 is 1.13 bits per heavy atom. The summed E-state index contributed by atoms with van der Waals surface area (Å²) >= 11 is 0. The minimum Gasteiger partial charge on any atom is -0.469 e. The minimum absolute atomic E-state index is 0.00590. The highest BCUT2D eigenvalue weighted by atomic mass is 16.5. The first-order chi connectivity index (χ1) is 14.4. The van der Waals surface area contributed by atoms with Crippen LogP contribution in [0.2, 0.25) is 0 Å². The first kappa shape index (κ1) is 22.1. The summed E-state index contributed by atoms with van der Waals surface area (Å²) in [4.78, 5) is 24.1. The van der Waals surface area contributed by atoms with Gasteiger partial charge in [0.25, 0.3) is 5.91 Å². The largest absolute Gasteiger partial charge is 0.469 e. The molecule has 1 amide bonds. The molecule has 1 saturated carbocycles. The van der Waals surface area contributed by atoms with E-state index in [2.05, 4.69) is 17.3 Å². The van der Waals surface area contributed by atoms with Gasteiger partial charge in [0.1, 0.15) is 0 Å². The molecule has 1 N–H and O–H groups in total. The van der Waals surface area contributed by atoms with E-state index < -0.39 is 0 Å². The number of methoxy groups -OCH3 is 1. The van der Waals surface area contributed by atoms with Crippen molar-refractivity contribution in [2.45, 2.75) is 71.8 Å². The number of nitrogens with one attached hydrogen (secondary N) is 1. The van der Waals surface area contributed by atoms with Gasteiger partial charge in [0.15, 0.2) is 0 Å². The van der Waals surface area contributed by atoms with Crippen LogP contribution in [0, 0.1) is 19.8 Å². The van der Waals surface area contributed by atoms with Crippen molar-refractivity contribution in [3.63, 3.8) is 0 Å². The second kappa shape index (κ2) is 9.92. The third-order valence-electron chi connectivity index (χ3n) is 6.38. The van der Waals surface area contributed by atoms with Crippen LogP contribution in [-0.2, 0) is 16.0 Å². The first-order valence-corrected chi connectivity index (χ1v) is 11.0. The van der Waals surface area contributed by atoms with E-state index in [1.165, 1.54) is 26.4 Å². The molecule has 1 aromatic heterocycles. The zero-order valence-electron chi connectivity index (χ0n) is 18.5. The van der Waals surface area contributed by atoms with Crippen molar-refractivity contribution >= 4 is 11.9 Å². The lowest BCUT2D eigenvalue weighted by Gasteiger charge is -2.28. The van der Waals surface area contributed by atoms with Crippen molar-refractivity contribution in [3.05, 3.63) is 46.8 Å². The van der Waals surface area contributed by atoms with Crippen molar-refractivity contribution in [3.8, 4) is 5.69 Å². The number of hydrogen-bond donors (Lipinski definition) is 1. The van der Waals surface area contributed by atoms with Gasteiger partial charge >= 0.3 is 5.97 Å². The van der Waals surface area contributed by atoms with Gasteiger partial charge in [-0.15, -0.1) is 0 Å². The average Bonchev–Trinajstić information content (AvgIpc) is 3.06. The lowest BCUT2D eigenvalue weighted by atomic mass is 9.84. The van der Waals surface area contributed by atoms with Gasteiger partial charge in [-0.1, -0.05) is 13.3 Å². The number of nitrogens with zero attached hydrogens (tertiary/aromatic N) is 2. The Hall–Kier alpha value is -2.63. The Balaban J connectivity index is 1.65. The topological polar surface area (TPSA) is 73.2 Å². The van der Waals surface area contributed by atoms with Crippen LogP contribution in [0.15, 0.2) is 24.3 Å². The summed E-state index contributed by atoms with van der Waals surface area (Å²) in [6.07, 6.45) is 6.73. The fourth-order valence-corrected chi connectivity index (χ4v) is 4.36. The van der Waals surface area contributed by atoms with Crippen LogP contribution >= 0.6 is 0 Å². The lowest BCUT2D eigenvalue weighted by molar-refractivity contribution is -0.140. The third-order valence-corrected chi connectivity index (χ3v) is 6.38. The molecule has 6 nitrogen and oxygen atoms in total. The van der Waals surface area contributed by atoms with Crippen LogP contribution in [0.4, 0.5) is 0 Å². The van der Waals surface area contributed by atoms with Gasteiger partial charge in [0.2, 0.25) is 0 Å². The summed E-state index contributed by atoms with van der Waals surface area (Å²) in [7, 11) is 1.40. The molecule has 1 fully saturated rings. The molecule has 0 spiro atoms. The molecule has 1 aliphatic rings. The van der Waals surface area contributed by atoms with Gasteiger partial charge < -0.3 is 10.1 Å². The van der Waals surface area contributed by atoms with Crippen molar-refractivity contribution in [2.24, 2.45) is 5.92 Å². The van der Waals surface area contributed by atoms with E-state index in [1.54, 1.807) is 0 Å². The molecule has 0 atom stereocenters. The Bertz CT molecular complexity index is 878. The zero-order chi connectivity index (χ0) is 21.7. The highest BCUT2D eigenvalue weighted by molar-refractivity contribution is 5.94. The van der Waals surface area contributed by atoms with E-state index in [-0.39, 0.29) is 17.9 Å². The third kappa shape index (κ3) is 5.10. The van der Waals surface area contributed by atoms with Gasteiger partial charge in [-0.05, 0) is 81.7 Å². The normalized spacial score (nSPS) is 18.8. The Kier molecular flexibility index (Phi) is 7.29. The van der Waals surface area contributed by atoms with Gasteiger partial charge in [0, 0.05) is 23.7 Å². The zero-order valence-corrected chi connectivity index (χ0v) is 18.5. The molecule has 0 aliphatic heterocycles. The summed E-state index contributed by atoms with van der Waals surface area (Å²) in [5.41, 5.74) is 4.54. The second-order valence-corrected chi connectivity index (χ2v) is 8.28. The van der Waals surface area contributed by atoms with Crippen LogP contribution in [-0.4, -0.2) is 34.8 Å². The number of rotatable bonds is 7. The maximum atomic E-state index is 12.6. The fourth-order valence-electron chi connectivity index (χ4n) is 4.36. The quantitative estimate of drug-likeness (QED) is 0.690. The molecule has 0 radical (unpaired) electrons. The number of esters is 1. The van der Waals surface area contributed by atoms with Crippen LogP contribution in [0.5, 0.6) is 0 Å². The number of hydrogen-bond acceptors (Lipinski definition) is 4. The first-order valence-electron chi connectivity index (χ1n) is 11.0. The maximum Gasteiger partial charge on any atom is 0.305 e. The summed E-state index contributed by atoms with van der Waals surface area (Å²) in [5, 5.41) is 7.82. The van der Waals surface area contributed by atoms with E-state index in [4.69, 9.17) is 4.74 Å². The van der Waals surface area contributed by atoms with E-state index in [0.29, 0.717) is 18.4 Å². The molecule has 6 heteroatoms. The fraction of sp³-hybridized carbons (Fsp3) is 0.542. The number of ether oxygens (including phenoxy) is 1. The number of benzene rings is 1. The highest BCUT2D eigenvalue weighted by Crippen LogP contribution is 2.26. The van der Waals surface area contributed by atoms with Crippen molar-refractivity contribution in [1.29, 1.82) is 0 Å². The van der Waals surface area contributed by atoms with Gasteiger partial charge in [-0.2, -0.15) is 5.10 Å². The second-order valence-electron chi connectivity index (χ2n) is 8.28. The predicted molar refractivity (Wildman–Crippen MR) is 117 cm³/mol. The van der Waals surface area contributed by atoms with Crippen LogP contribution in [0.3, 0.4) is 0 Å². The van der Waals surface area contributed by atoms with E-state index >= 15 is 0 Å². The van der Waals surface area contributed by atoms with Crippen LogP contribution in [0.1, 0.15) is 72.8 Å². The highest BCUT2D eigenvalue weighted by Gasteiger charge is 2.22. The monoisotopic (exact) mass is 411 g/mol. The van der Waals surface area contributed by atoms with Crippen LogP contribution in [0.25, 0.3) is 5.69 Å². The van der Waals surface area contributed by atoms with Gasteiger partial charge in [-0.25, -0.2) is 4.68 Å². The number of amides is 1. The number of aromatic nitrogens is 2. The minimum atomic E-state index is -0.222. The molecular formula is C24H33N3O3. The molecular weight excluding hydrogens is 378 g/mol. The SMILES string of the molecule is CCC1CCC(NC(=O)c2ccc(-n3nc(C)c(CCC(=O)OC)c3C)cc2)CC1. The number of aryl methyl sites for hydroxylation is 1. The standard InChI is InChI=1S/C24H33N3O3/c1-5-18-6-10-20(11-7-18)25-24(29)19-8-12-21(13-9-19)27-17(3)22(16(2)26-27)14-15-23(28)30-4/h8-9,12-13,18,20H,5-7,10-11,14-15H2,1-4H3,(H,25,29). The predicted octanol–water partition coefficient (Wildman–Crippen LogP) is 4.29. The molecule has 0 saturated heterocycles. The summed E-state index contributed by atoms with van der Waals surface area (Å²) in [6, 6.07) is 7.84. The molecule has 0 bridgehead atoms. The molecule has 2 aromatic rings. The van der Waals surface area contributed by atoms with Crippen LogP contribution < -0.4 is 5.32 Å². The van der Waals surface area contributed by atoms with E-state index in [9.17, 15) is 9.59 Å². The Morgan fingerprint density at radius 2 is 1.80 bits per heavy atom. The molecule has 162 valence electrons. The molecule has 1 heterocycles. The van der Waals surface area contributed by atoms with Crippen molar-refractivity contribution < 1.29 is 14.3 Å².